The Morgan fingerprint density at radius 1 is 1.40 bits per heavy atom. The van der Waals surface area contributed by atoms with Crippen LogP contribution in [0.15, 0.2) is 12.3 Å². The second-order valence-electron chi connectivity index (χ2n) is 1.53. The number of pyridine rings is 1. The van der Waals surface area contributed by atoms with Crippen LogP contribution in [-0.4, -0.2) is 4.98 Å². The van der Waals surface area contributed by atoms with E-state index in [1.54, 1.807) is 6.07 Å². The zero-order valence-corrected chi connectivity index (χ0v) is 7.17. The standard InChI is InChI=1S/C5H4Cl2N2.ClH/c6-3-1-4(8)5(7)9-2-3;/h1-2H,8H2;1H. The first kappa shape index (κ1) is 9.82. The molecule has 56 valence electrons. The Morgan fingerprint density at radius 2 is 2.00 bits per heavy atom. The summed E-state index contributed by atoms with van der Waals surface area (Å²) in [6.45, 7) is 0. The van der Waals surface area contributed by atoms with Crippen LogP contribution in [0.25, 0.3) is 0 Å². The number of hydrogen-bond acceptors (Lipinski definition) is 2. The van der Waals surface area contributed by atoms with Crippen LogP contribution >= 0.6 is 35.6 Å². The summed E-state index contributed by atoms with van der Waals surface area (Å²) in [7, 11) is 0. The number of halogens is 3. The molecule has 0 bridgehead atoms. The van der Waals surface area contributed by atoms with E-state index in [0.717, 1.165) is 0 Å². The second kappa shape index (κ2) is 3.86. The smallest absolute Gasteiger partial charge is 0.151 e. The van der Waals surface area contributed by atoms with Crippen LogP contribution in [0.2, 0.25) is 10.2 Å². The zero-order chi connectivity index (χ0) is 6.85. The first-order valence-corrected chi connectivity index (χ1v) is 3.02. The molecule has 0 aromatic carbocycles. The van der Waals surface area contributed by atoms with Crippen molar-refractivity contribution in [2.24, 2.45) is 0 Å². The molecule has 2 nitrogen and oxygen atoms in total. The lowest BCUT2D eigenvalue weighted by Gasteiger charge is -1.94. The average molecular weight is 199 g/mol. The first-order chi connectivity index (χ1) is 4.20. The van der Waals surface area contributed by atoms with Crippen molar-refractivity contribution in [1.29, 1.82) is 0 Å². The molecule has 1 heterocycles. The van der Waals surface area contributed by atoms with Gasteiger partial charge in [-0.25, -0.2) is 4.98 Å². The summed E-state index contributed by atoms with van der Waals surface area (Å²) in [6.07, 6.45) is 1.44. The van der Waals surface area contributed by atoms with Gasteiger partial charge in [-0.3, -0.25) is 0 Å². The van der Waals surface area contributed by atoms with Crippen LogP contribution in [0.5, 0.6) is 0 Å². The maximum atomic E-state index is 5.52. The highest BCUT2D eigenvalue weighted by atomic mass is 35.5. The van der Waals surface area contributed by atoms with Gasteiger partial charge in [-0.2, -0.15) is 0 Å². The summed E-state index contributed by atoms with van der Waals surface area (Å²) < 4.78 is 0. The lowest BCUT2D eigenvalue weighted by Crippen LogP contribution is -1.87. The Labute approximate surface area is 74.8 Å². The number of nitrogen functional groups attached to an aromatic ring is 1. The summed E-state index contributed by atoms with van der Waals surface area (Å²) in [6, 6.07) is 1.55. The Hall–Kier alpha value is -0.180. The number of anilines is 1. The van der Waals surface area contributed by atoms with Gasteiger partial charge in [0.25, 0.3) is 0 Å². The van der Waals surface area contributed by atoms with Gasteiger partial charge in [-0.15, -0.1) is 12.4 Å². The van der Waals surface area contributed by atoms with Gasteiger partial charge in [0.15, 0.2) is 5.15 Å². The molecule has 1 rings (SSSR count). The number of aromatic nitrogens is 1. The van der Waals surface area contributed by atoms with Crippen molar-refractivity contribution in [3.05, 3.63) is 22.4 Å². The Morgan fingerprint density at radius 3 is 2.40 bits per heavy atom. The third-order valence-electron chi connectivity index (χ3n) is 0.833. The molecular weight excluding hydrogens is 194 g/mol. The number of nitrogens with zero attached hydrogens (tertiary/aromatic N) is 1. The maximum absolute atomic E-state index is 5.52. The van der Waals surface area contributed by atoms with Crippen LogP contribution in [0, 0.1) is 0 Å². The van der Waals surface area contributed by atoms with Crippen molar-refractivity contribution in [2.45, 2.75) is 0 Å². The summed E-state index contributed by atoms with van der Waals surface area (Å²) in [5.74, 6) is 0. The third kappa shape index (κ3) is 2.21. The van der Waals surface area contributed by atoms with Gasteiger partial charge in [-0.1, -0.05) is 23.2 Å². The van der Waals surface area contributed by atoms with E-state index in [0.29, 0.717) is 15.9 Å². The lowest BCUT2D eigenvalue weighted by atomic mass is 10.4. The van der Waals surface area contributed by atoms with Crippen molar-refractivity contribution in [3.63, 3.8) is 0 Å². The van der Waals surface area contributed by atoms with E-state index in [2.05, 4.69) is 4.98 Å². The van der Waals surface area contributed by atoms with Gasteiger partial charge in [0.2, 0.25) is 0 Å². The Kier molecular flexibility index (Phi) is 3.79. The van der Waals surface area contributed by atoms with E-state index in [-0.39, 0.29) is 12.4 Å². The highest BCUT2D eigenvalue weighted by Gasteiger charge is 1.95. The van der Waals surface area contributed by atoms with E-state index >= 15 is 0 Å². The zero-order valence-electron chi connectivity index (χ0n) is 4.84. The monoisotopic (exact) mass is 198 g/mol. The summed E-state index contributed by atoms with van der Waals surface area (Å²) in [5, 5.41) is 0.788. The molecule has 0 saturated carbocycles. The van der Waals surface area contributed by atoms with E-state index in [1.165, 1.54) is 6.20 Å². The summed E-state index contributed by atoms with van der Waals surface area (Å²) >= 11 is 11.0. The third-order valence-corrected chi connectivity index (χ3v) is 1.36. The number of hydrogen-bond donors (Lipinski definition) is 1. The van der Waals surface area contributed by atoms with Crippen LogP contribution < -0.4 is 5.73 Å². The SMILES string of the molecule is Cl.Nc1cc(Cl)cnc1Cl. The molecule has 0 aliphatic carbocycles. The van der Waals surface area contributed by atoms with Crippen LogP contribution in [0.3, 0.4) is 0 Å². The molecule has 0 radical (unpaired) electrons. The molecule has 0 unspecified atom stereocenters. The molecule has 5 heteroatoms. The van der Waals surface area contributed by atoms with E-state index in [1.807, 2.05) is 0 Å². The molecule has 1 aromatic rings. The Bertz CT molecular complexity index is 226. The van der Waals surface area contributed by atoms with E-state index in [4.69, 9.17) is 28.9 Å². The fourth-order valence-electron chi connectivity index (χ4n) is 0.438. The average Bonchev–Trinajstić information content (AvgIpc) is 1.80. The van der Waals surface area contributed by atoms with Gasteiger partial charge in [-0.05, 0) is 6.07 Å². The Balaban J connectivity index is 0.000000810. The largest absolute Gasteiger partial charge is 0.396 e. The molecule has 0 saturated heterocycles. The minimum Gasteiger partial charge on any atom is -0.396 e. The van der Waals surface area contributed by atoms with Crippen molar-refractivity contribution in [2.75, 3.05) is 5.73 Å². The highest BCUT2D eigenvalue weighted by Crippen LogP contribution is 2.18. The molecule has 0 aliphatic rings. The molecule has 10 heavy (non-hydrogen) atoms. The van der Waals surface area contributed by atoms with E-state index < -0.39 is 0 Å². The van der Waals surface area contributed by atoms with Gasteiger partial charge in [0.1, 0.15) is 0 Å². The highest BCUT2D eigenvalue weighted by molar-refractivity contribution is 6.33. The first-order valence-electron chi connectivity index (χ1n) is 2.26. The van der Waals surface area contributed by atoms with Crippen LogP contribution in [0.4, 0.5) is 5.69 Å². The quantitative estimate of drug-likeness (QED) is 0.652. The molecule has 0 aliphatic heterocycles. The predicted octanol–water partition coefficient (Wildman–Crippen LogP) is 2.39. The van der Waals surface area contributed by atoms with Crippen LogP contribution in [0.1, 0.15) is 0 Å². The van der Waals surface area contributed by atoms with Gasteiger partial charge < -0.3 is 5.73 Å². The normalized spacial score (nSPS) is 8.60. The topological polar surface area (TPSA) is 38.9 Å². The number of nitrogens with two attached hydrogens (primary N) is 1. The summed E-state index contributed by atoms with van der Waals surface area (Å²) in [5.41, 5.74) is 5.75. The van der Waals surface area contributed by atoms with Gasteiger partial charge in [0.05, 0.1) is 10.7 Å². The van der Waals surface area contributed by atoms with Gasteiger partial charge >= 0.3 is 0 Å². The van der Waals surface area contributed by atoms with Crippen molar-refractivity contribution in [3.8, 4) is 0 Å². The van der Waals surface area contributed by atoms with Crippen molar-refractivity contribution >= 4 is 41.3 Å². The number of rotatable bonds is 0. The van der Waals surface area contributed by atoms with Gasteiger partial charge in [0, 0.05) is 6.20 Å². The van der Waals surface area contributed by atoms with Crippen molar-refractivity contribution in [1.82, 2.24) is 4.98 Å². The van der Waals surface area contributed by atoms with Crippen LogP contribution in [-0.2, 0) is 0 Å². The van der Waals surface area contributed by atoms with Crippen molar-refractivity contribution < 1.29 is 0 Å². The lowest BCUT2D eigenvalue weighted by molar-refractivity contribution is 1.33. The summed E-state index contributed by atoms with van der Waals surface area (Å²) in [4.78, 5) is 3.69. The van der Waals surface area contributed by atoms with E-state index in [9.17, 15) is 0 Å². The molecule has 1 aromatic heterocycles. The molecule has 2 N–H and O–H groups in total. The molecule has 0 amide bonds. The molecule has 0 atom stereocenters. The minimum absolute atomic E-state index is 0. The maximum Gasteiger partial charge on any atom is 0.151 e. The fourth-order valence-corrected chi connectivity index (χ4v) is 0.708. The minimum atomic E-state index is 0. The fraction of sp³-hybridized carbons (Fsp3) is 0. The molecule has 0 spiro atoms. The second-order valence-corrected chi connectivity index (χ2v) is 2.33. The molecular formula is C5H5Cl3N2. The predicted molar refractivity (Wildman–Crippen MR) is 45.9 cm³/mol. The molecule has 0 fully saturated rings.